The summed E-state index contributed by atoms with van der Waals surface area (Å²) < 4.78 is 5.41. The number of nitrogens with zero attached hydrogens (tertiary/aromatic N) is 2. The Balaban J connectivity index is 1.62. The fraction of sp³-hybridized carbons (Fsp3) is 0.263. The lowest BCUT2D eigenvalue weighted by molar-refractivity contribution is -0.130. The third-order valence-corrected chi connectivity index (χ3v) is 4.79. The minimum Gasteiger partial charge on any atom is -0.482 e. The van der Waals surface area contributed by atoms with E-state index in [1.54, 1.807) is 35.0 Å². The Hall–Kier alpha value is -2.24. The molecular formula is C19H18Cl2N2O3. The standard InChI is InChI=1S/C19H18Cl2N2O3/c1-22(11-13-6-7-14(20)10-15(13)21)18(24)8-9-23-16-4-2-3-5-17(16)26-12-19(23)25/h2-7,10H,8-9,11-12H2,1H3. The molecule has 2 amide bonds. The number of fused-ring (bicyclic) bond motifs is 1. The summed E-state index contributed by atoms with van der Waals surface area (Å²) in [4.78, 5) is 27.8. The number of hydrogen-bond donors (Lipinski definition) is 0. The van der Waals surface area contributed by atoms with E-state index in [4.69, 9.17) is 27.9 Å². The number of carbonyl (C=O) groups is 2. The summed E-state index contributed by atoms with van der Waals surface area (Å²) in [5.41, 5.74) is 1.51. The van der Waals surface area contributed by atoms with Gasteiger partial charge in [0.1, 0.15) is 5.75 Å². The van der Waals surface area contributed by atoms with Gasteiger partial charge >= 0.3 is 0 Å². The molecule has 0 fully saturated rings. The molecular weight excluding hydrogens is 375 g/mol. The molecule has 0 bridgehead atoms. The second-order valence-electron chi connectivity index (χ2n) is 6.04. The summed E-state index contributed by atoms with van der Waals surface area (Å²) in [7, 11) is 1.71. The number of carbonyl (C=O) groups excluding carboxylic acids is 2. The Labute approximate surface area is 162 Å². The van der Waals surface area contributed by atoms with Crippen LogP contribution in [0.25, 0.3) is 0 Å². The van der Waals surface area contributed by atoms with Crippen LogP contribution in [0.3, 0.4) is 0 Å². The lowest BCUT2D eigenvalue weighted by atomic mass is 10.2. The molecule has 0 N–H and O–H groups in total. The van der Waals surface area contributed by atoms with Gasteiger partial charge < -0.3 is 14.5 Å². The van der Waals surface area contributed by atoms with Crippen LogP contribution in [0.4, 0.5) is 5.69 Å². The van der Waals surface area contributed by atoms with Gasteiger partial charge in [0.05, 0.1) is 5.69 Å². The highest BCUT2D eigenvalue weighted by Gasteiger charge is 2.25. The minimum absolute atomic E-state index is 0.0125. The van der Waals surface area contributed by atoms with E-state index < -0.39 is 0 Å². The molecule has 0 aliphatic carbocycles. The number of benzene rings is 2. The molecule has 7 heteroatoms. The summed E-state index contributed by atoms with van der Waals surface area (Å²) in [5, 5.41) is 1.08. The van der Waals surface area contributed by atoms with E-state index in [0.717, 1.165) is 5.56 Å². The van der Waals surface area contributed by atoms with Crippen molar-refractivity contribution >= 4 is 40.7 Å². The van der Waals surface area contributed by atoms with E-state index in [-0.39, 0.29) is 24.8 Å². The highest BCUT2D eigenvalue weighted by Crippen LogP contribution is 2.31. The third kappa shape index (κ3) is 4.11. The maximum atomic E-state index is 12.5. The number of halogens is 2. The van der Waals surface area contributed by atoms with Crippen molar-refractivity contribution < 1.29 is 14.3 Å². The van der Waals surface area contributed by atoms with Crippen molar-refractivity contribution in [3.63, 3.8) is 0 Å². The Bertz CT molecular complexity index is 841. The average Bonchev–Trinajstić information content (AvgIpc) is 2.63. The van der Waals surface area contributed by atoms with Gasteiger partial charge in [-0.25, -0.2) is 0 Å². The summed E-state index contributed by atoms with van der Waals surface area (Å²) in [6, 6.07) is 12.5. The van der Waals surface area contributed by atoms with Crippen molar-refractivity contribution in [1.29, 1.82) is 0 Å². The summed E-state index contributed by atoms with van der Waals surface area (Å²) in [6.45, 7) is 0.667. The molecule has 0 saturated heterocycles. The normalized spacial score (nSPS) is 13.2. The van der Waals surface area contributed by atoms with Gasteiger partial charge in [-0.15, -0.1) is 0 Å². The van der Waals surface area contributed by atoms with Gasteiger partial charge in [0.15, 0.2) is 6.61 Å². The average molecular weight is 393 g/mol. The summed E-state index contributed by atoms with van der Waals surface area (Å²) in [6.07, 6.45) is 0.210. The molecule has 26 heavy (non-hydrogen) atoms. The van der Waals surface area contributed by atoms with Gasteiger partial charge in [0.2, 0.25) is 5.91 Å². The molecule has 0 spiro atoms. The first-order chi connectivity index (χ1) is 12.5. The zero-order valence-electron chi connectivity index (χ0n) is 14.2. The van der Waals surface area contributed by atoms with Crippen molar-refractivity contribution in [3.8, 4) is 5.75 Å². The number of ether oxygens (including phenoxy) is 1. The van der Waals surface area contributed by atoms with Crippen LogP contribution in [0.2, 0.25) is 10.0 Å². The predicted octanol–water partition coefficient (Wildman–Crippen LogP) is 3.77. The molecule has 5 nitrogen and oxygen atoms in total. The quantitative estimate of drug-likeness (QED) is 0.777. The molecule has 0 atom stereocenters. The predicted molar refractivity (Wildman–Crippen MR) is 102 cm³/mol. The van der Waals surface area contributed by atoms with Crippen LogP contribution in [-0.2, 0) is 16.1 Å². The number of hydrogen-bond acceptors (Lipinski definition) is 3. The van der Waals surface area contributed by atoms with E-state index in [1.807, 2.05) is 24.3 Å². The smallest absolute Gasteiger partial charge is 0.265 e. The number of anilines is 1. The van der Waals surface area contributed by atoms with E-state index in [1.165, 1.54) is 0 Å². The first-order valence-electron chi connectivity index (χ1n) is 8.16. The lowest BCUT2D eigenvalue weighted by Crippen LogP contribution is -2.41. The van der Waals surface area contributed by atoms with Crippen LogP contribution >= 0.6 is 23.2 Å². The van der Waals surface area contributed by atoms with E-state index in [0.29, 0.717) is 34.6 Å². The molecule has 1 aliphatic heterocycles. The second kappa shape index (κ2) is 7.98. The lowest BCUT2D eigenvalue weighted by Gasteiger charge is -2.29. The number of amides is 2. The summed E-state index contributed by atoms with van der Waals surface area (Å²) >= 11 is 12.1. The molecule has 1 aliphatic rings. The van der Waals surface area contributed by atoms with Gasteiger partial charge in [-0.3, -0.25) is 9.59 Å². The van der Waals surface area contributed by atoms with Crippen molar-refractivity contribution in [2.75, 3.05) is 25.1 Å². The van der Waals surface area contributed by atoms with Gasteiger partial charge in [-0.05, 0) is 29.8 Å². The largest absolute Gasteiger partial charge is 0.482 e. The van der Waals surface area contributed by atoms with E-state index >= 15 is 0 Å². The van der Waals surface area contributed by atoms with Crippen molar-refractivity contribution in [2.24, 2.45) is 0 Å². The molecule has 0 radical (unpaired) electrons. The van der Waals surface area contributed by atoms with Crippen molar-refractivity contribution in [2.45, 2.75) is 13.0 Å². The molecule has 0 aromatic heterocycles. The first-order valence-corrected chi connectivity index (χ1v) is 8.91. The molecule has 2 aromatic rings. The van der Waals surface area contributed by atoms with Crippen LogP contribution < -0.4 is 9.64 Å². The Kier molecular flexibility index (Phi) is 5.69. The molecule has 136 valence electrons. The zero-order valence-corrected chi connectivity index (χ0v) is 15.8. The van der Waals surface area contributed by atoms with Gasteiger partial charge in [0.25, 0.3) is 5.91 Å². The summed E-state index contributed by atoms with van der Waals surface area (Å²) in [5.74, 6) is 0.425. The van der Waals surface area contributed by atoms with Crippen LogP contribution in [0, 0.1) is 0 Å². The van der Waals surface area contributed by atoms with Crippen molar-refractivity contribution in [3.05, 3.63) is 58.1 Å². The Morgan fingerprint density at radius 1 is 1.23 bits per heavy atom. The highest BCUT2D eigenvalue weighted by molar-refractivity contribution is 6.35. The van der Waals surface area contributed by atoms with Crippen LogP contribution in [0.5, 0.6) is 5.75 Å². The van der Waals surface area contributed by atoms with Gasteiger partial charge in [-0.1, -0.05) is 41.4 Å². The Morgan fingerprint density at radius 2 is 2.00 bits per heavy atom. The molecule has 3 rings (SSSR count). The topological polar surface area (TPSA) is 49.9 Å². The van der Waals surface area contributed by atoms with Crippen LogP contribution in [0.1, 0.15) is 12.0 Å². The molecule has 2 aromatic carbocycles. The third-order valence-electron chi connectivity index (χ3n) is 4.21. The molecule has 1 heterocycles. The van der Waals surface area contributed by atoms with E-state index in [9.17, 15) is 9.59 Å². The maximum Gasteiger partial charge on any atom is 0.265 e. The molecule has 0 unspecified atom stereocenters. The van der Waals surface area contributed by atoms with Crippen molar-refractivity contribution in [1.82, 2.24) is 4.90 Å². The Morgan fingerprint density at radius 3 is 2.77 bits per heavy atom. The zero-order chi connectivity index (χ0) is 18.7. The van der Waals surface area contributed by atoms with Crippen LogP contribution in [-0.4, -0.2) is 36.9 Å². The van der Waals surface area contributed by atoms with Gasteiger partial charge in [0, 0.05) is 36.6 Å². The number of para-hydroxylation sites is 2. The van der Waals surface area contributed by atoms with E-state index in [2.05, 4.69) is 0 Å². The SMILES string of the molecule is CN(Cc1ccc(Cl)cc1Cl)C(=O)CCN1C(=O)COc2ccccc21. The van der Waals surface area contributed by atoms with Gasteiger partial charge in [-0.2, -0.15) is 0 Å². The van der Waals surface area contributed by atoms with Crippen LogP contribution in [0.15, 0.2) is 42.5 Å². The maximum absolute atomic E-state index is 12.5. The second-order valence-corrected chi connectivity index (χ2v) is 6.88. The monoisotopic (exact) mass is 392 g/mol. The molecule has 0 saturated carbocycles. The fourth-order valence-electron chi connectivity index (χ4n) is 2.79. The fourth-order valence-corrected chi connectivity index (χ4v) is 3.26. The first kappa shape index (κ1) is 18.5. The minimum atomic E-state index is -0.153. The number of rotatable bonds is 5. The highest BCUT2D eigenvalue weighted by atomic mass is 35.5.